The fourth-order valence-electron chi connectivity index (χ4n) is 4.27. The normalized spacial score (nSPS) is 11.0. The predicted molar refractivity (Wildman–Crippen MR) is 143 cm³/mol. The van der Waals surface area contributed by atoms with Gasteiger partial charge in [0.15, 0.2) is 0 Å². The molecule has 0 atom stereocenters. The van der Waals surface area contributed by atoms with Gasteiger partial charge in [0.25, 0.3) is 0 Å². The van der Waals surface area contributed by atoms with E-state index in [2.05, 4.69) is 6.92 Å². The molecule has 0 radical (unpaired) electrons. The molecule has 0 heterocycles. The van der Waals surface area contributed by atoms with Crippen LogP contribution >= 0.6 is 0 Å². The molecule has 0 aromatic heterocycles. The molecule has 0 unspecified atom stereocenters. The zero-order valence-electron chi connectivity index (χ0n) is 20.5. The van der Waals surface area contributed by atoms with E-state index in [0.717, 1.165) is 28.5 Å². The molecule has 0 aliphatic rings. The summed E-state index contributed by atoms with van der Waals surface area (Å²) >= 11 is 0. The number of esters is 2. The minimum atomic E-state index is -0.439. The molecule has 4 nitrogen and oxygen atoms in total. The van der Waals surface area contributed by atoms with Crippen molar-refractivity contribution in [2.75, 3.05) is 0 Å². The molecule has 5 aromatic rings. The molecule has 0 aliphatic carbocycles. The maximum absolute atomic E-state index is 13.1. The van der Waals surface area contributed by atoms with Crippen LogP contribution in [-0.2, 0) is 6.42 Å². The molecule has 5 rings (SSSR count). The predicted octanol–water partition coefficient (Wildman–Crippen LogP) is 7.61. The average molecular weight is 475 g/mol. The lowest BCUT2D eigenvalue weighted by molar-refractivity contribution is 0.0726. The number of ether oxygens (including phenoxy) is 2. The van der Waals surface area contributed by atoms with E-state index in [0.29, 0.717) is 38.8 Å². The fourth-order valence-corrected chi connectivity index (χ4v) is 4.27. The van der Waals surface area contributed by atoms with E-state index < -0.39 is 11.9 Å². The fraction of sp³-hybridized carbons (Fsp3) is 0.125. The summed E-state index contributed by atoms with van der Waals surface area (Å²) in [5.41, 5.74) is 4.16. The van der Waals surface area contributed by atoms with Crippen LogP contribution in [0.5, 0.6) is 11.5 Å². The molecular weight excluding hydrogens is 448 g/mol. The number of fused-ring (bicyclic) bond motifs is 2. The van der Waals surface area contributed by atoms with Gasteiger partial charge in [-0.1, -0.05) is 78.7 Å². The highest BCUT2D eigenvalue weighted by atomic mass is 16.5. The topological polar surface area (TPSA) is 52.6 Å². The highest BCUT2D eigenvalue weighted by Gasteiger charge is 2.21. The van der Waals surface area contributed by atoms with Gasteiger partial charge in [0, 0.05) is 21.5 Å². The van der Waals surface area contributed by atoms with Crippen LogP contribution in [0.25, 0.3) is 21.5 Å². The Kier molecular flexibility index (Phi) is 6.26. The Bertz CT molecular complexity index is 1600. The van der Waals surface area contributed by atoms with Crippen LogP contribution < -0.4 is 9.47 Å². The lowest BCUT2D eigenvalue weighted by Crippen LogP contribution is -2.11. The first-order valence-corrected chi connectivity index (χ1v) is 12.0. The third-order valence-electron chi connectivity index (χ3n) is 6.36. The number of hydrogen-bond donors (Lipinski definition) is 0. The van der Waals surface area contributed by atoms with Crippen LogP contribution in [0.3, 0.4) is 0 Å². The average Bonchev–Trinajstić information content (AvgIpc) is 2.90. The van der Waals surface area contributed by atoms with Gasteiger partial charge in [-0.15, -0.1) is 0 Å². The number of carbonyl (C=O) groups is 2. The zero-order chi connectivity index (χ0) is 25.2. The summed E-state index contributed by atoms with van der Waals surface area (Å²) in [6, 6.07) is 28.0. The first kappa shape index (κ1) is 23.3. The van der Waals surface area contributed by atoms with Crippen LogP contribution in [0.2, 0.25) is 0 Å². The summed E-state index contributed by atoms with van der Waals surface area (Å²) < 4.78 is 12.1. The number of rotatable bonds is 5. The Hall–Kier alpha value is -4.44. The van der Waals surface area contributed by atoms with Crippen LogP contribution in [0.4, 0.5) is 0 Å². The third-order valence-corrected chi connectivity index (χ3v) is 6.36. The molecule has 36 heavy (non-hydrogen) atoms. The highest BCUT2D eigenvalue weighted by Crippen LogP contribution is 2.43. The monoisotopic (exact) mass is 474 g/mol. The molecule has 0 N–H and O–H groups in total. The first-order valence-electron chi connectivity index (χ1n) is 12.0. The van der Waals surface area contributed by atoms with Crippen molar-refractivity contribution in [3.8, 4) is 11.5 Å². The molecule has 0 fully saturated rings. The number of benzene rings is 5. The molecule has 0 saturated carbocycles. The van der Waals surface area contributed by atoms with Crippen molar-refractivity contribution in [3.05, 3.63) is 119 Å². The van der Waals surface area contributed by atoms with E-state index in [1.165, 1.54) is 0 Å². The summed E-state index contributed by atoms with van der Waals surface area (Å²) in [5, 5.41) is 2.82. The van der Waals surface area contributed by atoms with Crippen LogP contribution in [0.1, 0.15) is 44.3 Å². The standard InChI is InChI=1S/C32H26O4/c1-4-22-13-18-27-28(19-22)30(36-32(34)24-16-11-21(3)12-17-24)26-8-6-5-7-25(26)29(27)35-31(33)23-14-9-20(2)10-15-23/h5-19H,4H2,1-3H3. The third kappa shape index (κ3) is 4.46. The molecular formula is C32H26O4. The summed E-state index contributed by atoms with van der Waals surface area (Å²) in [5.74, 6) is 0.0266. The second kappa shape index (κ2) is 9.67. The molecule has 4 heteroatoms. The molecule has 0 saturated heterocycles. The molecule has 0 amide bonds. The van der Waals surface area contributed by atoms with E-state index in [4.69, 9.17) is 9.47 Å². The second-order valence-electron chi connectivity index (χ2n) is 8.95. The minimum absolute atomic E-state index is 0.437. The van der Waals surface area contributed by atoms with E-state index in [9.17, 15) is 9.59 Å². The van der Waals surface area contributed by atoms with Gasteiger partial charge in [0.2, 0.25) is 0 Å². The summed E-state index contributed by atoms with van der Waals surface area (Å²) in [7, 11) is 0. The van der Waals surface area contributed by atoms with E-state index in [1.807, 2.05) is 80.6 Å². The first-order chi connectivity index (χ1) is 17.4. The Morgan fingerprint density at radius 3 is 1.50 bits per heavy atom. The molecule has 5 aromatic carbocycles. The molecule has 0 spiro atoms. The van der Waals surface area contributed by atoms with Crippen molar-refractivity contribution in [2.45, 2.75) is 27.2 Å². The van der Waals surface area contributed by atoms with E-state index in [-0.39, 0.29) is 0 Å². The van der Waals surface area contributed by atoms with Gasteiger partial charge in [-0.05, 0) is 56.2 Å². The van der Waals surface area contributed by atoms with Crippen molar-refractivity contribution >= 4 is 33.5 Å². The van der Waals surface area contributed by atoms with Crippen molar-refractivity contribution < 1.29 is 19.1 Å². The van der Waals surface area contributed by atoms with Gasteiger partial charge >= 0.3 is 11.9 Å². The van der Waals surface area contributed by atoms with Crippen molar-refractivity contribution in [2.24, 2.45) is 0 Å². The molecule has 178 valence electrons. The van der Waals surface area contributed by atoms with Gasteiger partial charge < -0.3 is 9.47 Å². The number of carbonyl (C=O) groups excluding carboxylic acids is 2. The van der Waals surface area contributed by atoms with Crippen LogP contribution in [0, 0.1) is 13.8 Å². The van der Waals surface area contributed by atoms with Gasteiger partial charge in [0.1, 0.15) is 11.5 Å². The van der Waals surface area contributed by atoms with Crippen molar-refractivity contribution in [3.63, 3.8) is 0 Å². The maximum Gasteiger partial charge on any atom is 0.343 e. The van der Waals surface area contributed by atoms with Crippen molar-refractivity contribution in [1.29, 1.82) is 0 Å². The van der Waals surface area contributed by atoms with Crippen LogP contribution in [0.15, 0.2) is 91.0 Å². The van der Waals surface area contributed by atoms with E-state index in [1.54, 1.807) is 24.3 Å². The SMILES string of the molecule is CCc1ccc2c(OC(=O)c3ccc(C)cc3)c3ccccc3c(OC(=O)c3ccc(C)cc3)c2c1. The largest absolute Gasteiger partial charge is 0.422 e. The highest BCUT2D eigenvalue weighted by molar-refractivity contribution is 6.14. The Labute approximate surface area is 210 Å². The number of hydrogen-bond acceptors (Lipinski definition) is 4. The molecule has 0 aliphatic heterocycles. The maximum atomic E-state index is 13.1. The summed E-state index contributed by atoms with van der Waals surface area (Å²) in [6.07, 6.45) is 0.812. The molecule has 0 bridgehead atoms. The van der Waals surface area contributed by atoms with Gasteiger partial charge in [-0.25, -0.2) is 9.59 Å². The summed E-state index contributed by atoms with van der Waals surface area (Å²) in [6.45, 7) is 6.01. The second-order valence-corrected chi connectivity index (χ2v) is 8.95. The minimum Gasteiger partial charge on any atom is -0.422 e. The van der Waals surface area contributed by atoms with Gasteiger partial charge in [-0.2, -0.15) is 0 Å². The van der Waals surface area contributed by atoms with Crippen LogP contribution in [-0.4, -0.2) is 11.9 Å². The Morgan fingerprint density at radius 2 is 1.03 bits per heavy atom. The Balaban J connectivity index is 1.68. The summed E-state index contributed by atoms with van der Waals surface area (Å²) in [4.78, 5) is 26.2. The zero-order valence-corrected chi connectivity index (χ0v) is 20.5. The quantitative estimate of drug-likeness (QED) is 0.149. The van der Waals surface area contributed by atoms with E-state index >= 15 is 0 Å². The number of aryl methyl sites for hydroxylation is 3. The Morgan fingerprint density at radius 1 is 0.583 bits per heavy atom. The van der Waals surface area contributed by atoms with Crippen molar-refractivity contribution in [1.82, 2.24) is 0 Å². The lowest BCUT2D eigenvalue weighted by Gasteiger charge is -2.17. The van der Waals surface area contributed by atoms with Gasteiger partial charge in [-0.3, -0.25) is 0 Å². The lowest BCUT2D eigenvalue weighted by atomic mass is 9.98. The smallest absolute Gasteiger partial charge is 0.343 e. The van der Waals surface area contributed by atoms with Gasteiger partial charge in [0.05, 0.1) is 11.1 Å².